The van der Waals surface area contributed by atoms with E-state index in [0.29, 0.717) is 27.8 Å². The van der Waals surface area contributed by atoms with Crippen LogP contribution in [0.15, 0.2) is 35.5 Å². The summed E-state index contributed by atoms with van der Waals surface area (Å²) < 4.78 is 11.6. The van der Waals surface area contributed by atoms with Crippen LogP contribution >= 0.6 is 34.2 Å². The SMILES string of the molecule is COc1cc(/C=N/O)cc(I)c1OCC(=O)Nc1ccc(C)c(Cl)c1. The van der Waals surface area contributed by atoms with Crippen LogP contribution in [0.2, 0.25) is 5.02 Å². The van der Waals surface area contributed by atoms with Crippen molar-refractivity contribution in [2.75, 3.05) is 19.0 Å². The van der Waals surface area contributed by atoms with Gasteiger partial charge in [-0.05, 0) is 59.3 Å². The molecule has 1 amide bonds. The van der Waals surface area contributed by atoms with Gasteiger partial charge in [0.2, 0.25) is 0 Å². The molecule has 25 heavy (non-hydrogen) atoms. The minimum absolute atomic E-state index is 0.189. The number of amides is 1. The van der Waals surface area contributed by atoms with E-state index in [4.69, 9.17) is 26.3 Å². The summed E-state index contributed by atoms with van der Waals surface area (Å²) in [5.41, 5.74) is 2.18. The molecule has 2 N–H and O–H groups in total. The Kier molecular flexibility index (Phi) is 6.89. The quantitative estimate of drug-likeness (QED) is 0.286. The smallest absolute Gasteiger partial charge is 0.262 e. The van der Waals surface area contributed by atoms with Crippen LogP contribution < -0.4 is 14.8 Å². The lowest BCUT2D eigenvalue weighted by Crippen LogP contribution is -2.20. The molecule has 0 atom stereocenters. The summed E-state index contributed by atoms with van der Waals surface area (Å²) in [5, 5.41) is 14.9. The molecule has 0 unspecified atom stereocenters. The van der Waals surface area contributed by atoms with E-state index in [-0.39, 0.29) is 12.5 Å². The summed E-state index contributed by atoms with van der Waals surface area (Å²) in [7, 11) is 1.49. The second kappa shape index (κ2) is 8.91. The first-order valence-corrected chi connectivity index (χ1v) is 8.64. The zero-order chi connectivity index (χ0) is 18.4. The Balaban J connectivity index is 2.07. The van der Waals surface area contributed by atoms with E-state index < -0.39 is 0 Å². The van der Waals surface area contributed by atoms with Gasteiger partial charge in [0.1, 0.15) is 0 Å². The third kappa shape index (κ3) is 5.23. The summed E-state index contributed by atoms with van der Waals surface area (Å²) in [6.45, 7) is 1.70. The van der Waals surface area contributed by atoms with Gasteiger partial charge in [0.15, 0.2) is 18.1 Å². The highest BCUT2D eigenvalue weighted by atomic mass is 127. The maximum Gasteiger partial charge on any atom is 0.262 e. The molecular formula is C17H16ClIN2O4. The predicted molar refractivity (Wildman–Crippen MR) is 105 cm³/mol. The van der Waals surface area contributed by atoms with Gasteiger partial charge < -0.3 is 20.0 Å². The number of nitrogens with zero attached hydrogens (tertiary/aromatic N) is 1. The van der Waals surface area contributed by atoms with Gasteiger partial charge in [-0.15, -0.1) is 0 Å². The van der Waals surface area contributed by atoms with Gasteiger partial charge in [0, 0.05) is 16.3 Å². The van der Waals surface area contributed by atoms with Crippen LogP contribution in [-0.4, -0.2) is 31.0 Å². The van der Waals surface area contributed by atoms with E-state index in [1.165, 1.54) is 13.3 Å². The van der Waals surface area contributed by atoms with Gasteiger partial charge in [-0.25, -0.2) is 0 Å². The number of oxime groups is 1. The zero-order valence-electron chi connectivity index (χ0n) is 13.5. The molecule has 0 aliphatic heterocycles. The number of hydrogen-bond acceptors (Lipinski definition) is 5. The Morgan fingerprint density at radius 2 is 2.16 bits per heavy atom. The highest BCUT2D eigenvalue weighted by molar-refractivity contribution is 14.1. The number of ether oxygens (including phenoxy) is 2. The number of methoxy groups -OCH3 is 1. The first-order valence-electron chi connectivity index (χ1n) is 7.18. The molecule has 6 nitrogen and oxygen atoms in total. The third-order valence-electron chi connectivity index (χ3n) is 3.26. The summed E-state index contributed by atoms with van der Waals surface area (Å²) in [5.74, 6) is 0.557. The summed E-state index contributed by atoms with van der Waals surface area (Å²) in [6, 6.07) is 8.67. The standard InChI is InChI=1S/C17H16ClIN2O4/c1-10-3-4-12(7-13(10)18)21-16(22)9-25-17-14(19)5-11(8-20-23)6-15(17)24-2/h3-8,23H,9H2,1-2H3,(H,21,22)/b20-8+. The Morgan fingerprint density at radius 3 is 2.80 bits per heavy atom. The van der Waals surface area contributed by atoms with Crippen molar-refractivity contribution in [1.82, 2.24) is 0 Å². The highest BCUT2D eigenvalue weighted by Gasteiger charge is 2.13. The normalized spacial score (nSPS) is 10.7. The summed E-state index contributed by atoms with van der Waals surface area (Å²) in [6.07, 6.45) is 1.28. The minimum atomic E-state index is -0.321. The first-order chi connectivity index (χ1) is 11.9. The Hall–Kier alpha value is -2.00. The van der Waals surface area contributed by atoms with Crippen LogP contribution in [0.4, 0.5) is 5.69 Å². The first kappa shape index (κ1) is 19.3. The second-order valence-corrected chi connectivity index (χ2v) is 6.65. The molecule has 132 valence electrons. The van der Waals surface area contributed by atoms with E-state index in [0.717, 1.165) is 9.13 Å². The molecule has 0 aliphatic carbocycles. The van der Waals surface area contributed by atoms with E-state index in [1.807, 2.05) is 13.0 Å². The Morgan fingerprint density at radius 1 is 1.40 bits per heavy atom. The fourth-order valence-corrected chi connectivity index (χ4v) is 2.99. The molecule has 0 saturated carbocycles. The molecule has 2 aromatic carbocycles. The number of carbonyl (C=O) groups is 1. The van der Waals surface area contributed by atoms with Crippen LogP contribution in [0.3, 0.4) is 0 Å². The lowest BCUT2D eigenvalue weighted by molar-refractivity contribution is -0.118. The summed E-state index contributed by atoms with van der Waals surface area (Å²) in [4.78, 5) is 12.1. The van der Waals surface area contributed by atoms with Crippen molar-refractivity contribution in [2.45, 2.75) is 6.92 Å². The molecule has 0 spiro atoms. The van der Waals surface area contributed by atoms with Crippen LogP contribution in [0.1, 0.15) is 11.1 Å². The number of halogens is 2. The van der Waals surface area contributed by atoms with Crippen molar-refractivity contribution < 1.29 is 19.5 Å². The lowest BCUT2D eigenvalue weighted by atomic mass is 10.2. The maximum atomic E-state index is 12.1. The largest absolute Gasteiger partial charge is 0.493 e. The Bertz CT molecular complexity index is 811. The zero-order valence-corrected chi connectivity index (χ0v) is 16.5. The number of nitrogens with one attached hydrogen (secondary N) is 1. The molecule has 0 fully saturated rings. The Labute approximate surface area is 163 Å². The van der Waals surface area contributed by atoms with Crippen molar-refractivity contribution in [2.24, 2.45) is 5.16 Å². The molecule has 8 heteroatoms. The maximum absolute atomic E-state index is 12.1. The summed E-state index contributed by atoms with van der Waals surface area (Å²) >= 11 is 8.10. The van der Waals surface area contributed by atoms with Crippen molar-refractivity contribution in [3.05, 3.63) is 50.1 Å². The van der Waals surface area contributed by atoms with Gasteiger partial charge >= 0.3 is 0 Å². The topological polar surface area (TPSA) is 80.2 Å². The van der Waals surface area contributed by atoms with Gasteiger partial charge in [-0.3, -0.25) is 4.79 Å². The van der Waals surface area contributed by atoms with E-state index in [1.54, 1.807) is 24.3 Å². The number of aryl methyl sites for hydroxylation is 1. The van der Waals surface area contributed by atoms with Crippen LogP contribution in [0.5, 0.6) is 11.5 Å². The monoisotopic (exact) mass is 474 g/mol. The molecule has 2 rings (SSSR count). The molecule has 0 heterocycles. The number of benzene rings is 2. The molecule has 0 radical (unpaired) electrons. The van der Waals surface area contributed by atoms with E-state index >= 15 is 0 Å². The van der Waals surface area contributed by atoms with E-state index in [9.17, 15) is 4.79 Å². The average molecular weight is 475 g/mol. The molecule has 2 aromatic rings. The minimum Gasteiger partial charge on any atom is -0.493 e. The van der Waals surface area contributed by atoms with E-state index in [2.05, 4.69) is 33.1 Å². The van der Waals surface area contributed by atoms with Crippen molar-refractivity contribution >= 4 is 52.0 Å². The number of carbonyl (C=O) groups excluding carboxylic acids is 1. The third-order valence-corrected chi connectivity index (χ3v) is 4.47. The molecule has 0 aliphatic rings. The van der Waals surface area contributed by atoms with Crippen molar-refractivity contribution in [3.63, 3.8) is 0 Å². The molecule has 0 aromatic heterocycles. The number of hydrogen-bond donors (Lipinski definition) is 2. The number of rotatable bonds is 6. The fraction of sp³-hybridized carbons (Fsp3) is 0.176. The van der Waals surface area contributed by atoms with Crippen molar-refractivity contribution in [3.8, 4) is 11.5 Å². The predicted octanol–water partition coefficient (Wildman–Crippen LogP) is 4.09. The van der Waals surface area contributed by atoms with Gasteiger partial charge in [-0.1, -0.05) is 22.8 Å². The van der Waals surface area contributed by atoms with Gasteiger partial charge in [0.05, 0.1) is 16.9 Å². The van der Waals surface area contributed by atoms with Crippen LogP contribution in [-0.2, 0) is 4.79 Å². The lowest BCUT2D eigenvalue weighted by Gasteiger charge is -2.13. The average Bonchev–Trinajstić information content (AvgIpc) is 2.57. The van der Waals surface area contributed by atoms with Gasteiger partial charge in [-0.2, -0.15) is 0 Å². The molecule has 0 bridgehead atoms. The molecular weight excluding hydrogens is 459 g/mol. The van der Waals surface area contributed by atoms with Crippen molar-refractivity contribution in [1.29, 1.82) is 0 Å². The number of anilines is 1. The second-order valence-electron chi connectivity index (χ2n) is 5.08. The van der Waals surface area contributed by atoms with Crippen LogP contribution in [0, 0.1) is 10.5 Å². The highest BCUT2D eigenvalue weighted by Crippen LogP contribution is 2.33. The van der Waals surface area contributed by atoms with Crippen LogP contribution in [0.25, 0.3) is 0 Å². The molecule has 0 saturated heterocycles. The van der Waals surface area contributed by atoms with Gasteiger partial charge in [0.25, 0.3) is 5.91 Å². The fourth-order valence-electron chi connectivity index (χ4n) is 2.03.